The summed E-state index contributed by atoms with van der Waals surface area (Å²) in [5.41, 5.74) is 2.46. The first-order valence-corrected chi connectivity index (χ1v) is 18.2. The van der Waals surface area contributed by atoms with Gasteiger partial charge in [0.2, 0.25) is 9.90 Å². The van der Waals surface area contributed by atoms with E-state index >= 15 is 0 Å². The summed E-state index contributed by atoms with van der Waals surface area (Å²) in [5.74, 6) is 0. The number of rotatable bonds is 25. The first-order valence-electron chi connectivity index (χ1n) is 16.4. The maximum atomic E-state index is 3.89. The van der Waals surface area contributed by atoms with Gasteiger partial charge in [0.15, 0.2) is 24.8 Å². The highest BCUT2D eigenvalue weighted by molar-refractivity contribution is 9.09. The zero-order chi connectivity index (χ0) is 28.7. The molecule has 226 valence electrons. The van der Waals surface area contributed by atoms with Gasteiger partial charge in [-0.3, -0.25) is 0 Å². The molecular formula is C34H58Br2N4+2. The molecule has 2 atom stereocenters. The molecule has 0 fully saturated rings. The van der Waals surface area contributed by atoms with Crippen LogP contribution >= 0.6 is 31.9 Å². The molecule has 2 rings (SSSR count). The molecule has 0 aromatic carbocycles. The summed E-state index contributed by atoms with van der Waals surface area (Å²) in [6.07, 6.45) is 32.3. The van der Waals surface area contributed by atoms with Crippen molar-refractivity contribution in [2.45, 2.75) is 139 Å². The van der Waals surface area contributed by atoms with Crippen molar-refractivity contribution in [1.29, 1.82) is 0 Å². The summed E-state index contributed by atoms with van der Waals surface area (Å²) >= 11 is 7.78. The van der Waals surface area contributed by atoms with Gasteiger partial charge in [0.05, 0.1) is 0 Å². The van der Waals surface area contributed by atoms with E-state index < -0.39 is 0 Å². The standard InChI is InChI=1S/C34H56Br2N4/c1-3-5-7-13-17-25-37-31-21-27-39(28-22-31)33(35)19-15-11-9-10-12-16-20-34(36)40-29-23-32(24-30-40)38-26-18-14-8-6-4-2/h21-24,27-30,33-34H,3-20,25-26H2,1-2H3/p+2. The fraction of sp³-hybridized carbons (Fsp3) is 0.706. The van der Waals surface area contributed by atoms with Gasteiger partial charge in [0.25, 0.3) is 0 Å². The highest BCUT2D eigenvalue weighted by atomic mass is 79.9. The summed E-state index contributed by atoms with van der Waals surface area (Å²) in [6, 6.07) is 8.82. The van der Waals surface area contributed by atoms with Crippen LogP contribution < -0.4 is 19.8 Å². The maximum absolute atomic E-state index is 3.89. The topological polar surface area (TPSA) is 31.8 Å². The monoisotopic (exact) mass is 680 g/mol. The van der Waals surface area contributed by atoms with Gasteiger partial charge in [-0.15, -0.1) is 0 Å². The maximum Gasteiger partial charge on any atom is 0.211 e. The highest BCUT2D eigenvalue weighted by Crippen LogP contribution is 2.20. The predicted octanol–water partition coefficient (Wildman–Crippen LogP) is 10.6. The van der Waals surface area contributed by atoms with Crippen molar-refractivity contribution in [3.8, 4) is 0 Å². The number of halogens is 2. The first kappa shape index (κ1) is 35.1. The quantitative estimate of drug-likeness (QED) is 0.0621. The van der Waals surface area contributed by atoms with Crippen molar-refractivity contribution in [3.63, 3.8) is 0 Å². The van der Waals surface area contributed by atoms with E-state index in [0.29, 0.717) is 9.90 Å². The number of alkyl halides is 2. The molecule has 0 aliphatic rings. The van der Waals surface area contributed by atoms with E-state index in [0.717, 1.165) is 13.1 Å². The number of unbranched alkanes of at least 4 members (excludes halogenated alkanes) is 13. The largest absolute Gasteiger partial charge is 0.385 e. The molecule has 6 heteroatoms. The van der Waals surface area contributed by atoms with E-state index in [9.17, 15) is 0 Å². The second-order valence-corrected chi connectivity index (χ2v) is 13.4. The Morgan fingerprint density at radius 3 is 1.20 bits per heavy atom. The van der Waals surface area contributed by atoms with E-state index in [2.05, 4.69) is 115 Å². The Labute approximate surface area is 263 Å². The molecule has 40 heavy (non-hydrogen) atoms. The summed E-state index contributed by atoms with van der Waals surface area (Å²) in [7, 11) is 0. The molecule has 0 aliphatic carbocycles. The van der Waals surface area contributed by atoms with Crippen LogP contribution in [0, 0.1) is 0 Å². The fourth-order valence-corrected chi connectivity index (χ4v) is 6.23. The zero-order valence-corrected chi connectivity index (χ0v) is 28.7. The molecule has 2 heterocycles. The minimum Gasteiger partial charge on any atom is -0.385 e. The van der Waals surface area contributed by atoms with Gasteiger partial charge < -0.3 is 10.6 Å². The minimum atomic E-state index is 0.383. The molecular weight excluding hydrogens is 624 g/mol. The molecule has 0 radical (unpaired) electrons. The third kappa shape index (κ3) is 16.3. The minimum absolute atomic E-state index is 0.383. The first-order chi connectivity index (χ1) is 19.6. The predicted molar refractivity (Wildman–Crippen MR) is 181 cm³/mol. The number of hydrogen-bond acceptors (Lipinski definition) is 2. The van der Waals surface area contributed by atoms with Gasteiger partial charge in [-0.2, -0.15) is 9.13 Å². The molecule has 2 aromatic rings. The molecule has 4 nitrogen and oxygen atoms in total. The second-order valence-electron chi connectivity index (χ2n) is 11.3. The second kappa shape index (κ2) is 23.4. The summed E-state index contributed by atoms with van der Waals surface area (Å²) in [6.45, 7) is 6.69. The number of pyridine rings is 2. The van der Waals surface area contributed by atoms with Crippen molar-refractivity contribution in [1.82, 2.24) is 0 Å². The lowest BCUT2D eigenvalue weighted by Crippen LogP contribution is -2.35. The molecule has 0 spiro atoms. The van der Waals surface area contributed by atoms with Crippen LogP contribution in [0.3, 0.4) is 0 Å². The van der Waals surface area contributed by atoms with Crippen molar-refractivity contribution in [3.05, 3.63) is 49.1 Å². The van der Waals surface area contributed by atoms with Crippen molar-refractivity contribution >= 4 is 43.2 Å². The smallest absolute Gasteiger partial charge is 0.211 e. The zero-order valence-electron chi connectivity index (χ0n) is 25.6. The SMILES string of the molecule is CCCCCCCNc1cc[n+](C(Br)CCCCCCCCC(Br)[n+]2ccc(NCCCCCCC)cc2)cc1. The number of hydrogen-bond donors (Lipinski definition) is 2. The Hall–Kier alpha value is -1.14. The molecule has 0 amide bonds. The Morgan fingerprint density at radius 2 is 0.825 bits per heavy atom. The Kier molecular flexibility index (Phi) is 20.5. The van der Waals surface area contributed by atoms with Crippen LogP contribution in [0.1, 0.15) is 139 Å². The lowest BCUT2D eigenvalue weighted by molar-refractivity contribution is -0.698. The summed E-state index contributed by atoms with van der Waals surface area (Å²) < 4.78 is 4.58. The van der Waals surface area contributed by atoms with Crippen LogP contribution in [0.4, 0.5) is 11.4 Å². The van der Waals surface area contributed by atoms with Crippen LogP contribution in [-0.4, -0.2) is 13.1 Å². The number of aromatic nitrogens is 2. The lowest BCUT2D eigenvalue weighted by atomic mass is 10.1. The molecule has 2 aromatic heterocycles. The Bertz CT molecular complexity index is 773. The van der Waals surface area contributed by atoms with Crippen LogP contribution in [-0.2, 0) is 0 Å². The third-order valence-electron chi connectivity index (χ3n) is 7.71. The van der Waals surface area contributed by atoms with Gasteiger partial charge in [-0.05, 0) is 57.5 Å². The van der Waals surface area contributed by atoms with Crippen LogP contribution in [0.5, 0.6) is 0 Å². The molecule has 0 aliphatic heterocycles. The van der Waals surface area contributed by atoms with E-state index in [1.54, 1.807) is 0 Å². The summed E-state index contributed by atoms with van der Waals surface area (Å²) in [5, 5.41) is 7.12. The molecule has 0 saturated heterocycles. The van der Waals surface area contributed by atoms with E-state index in [-0.39, 0.29) is 0 Å². The summed E-state index contributed by atoms with van der Waals surface area (Å²) in [4.78, 5) is 0.767. The molecule has 2 unspecified atom stereocenters. The van der Waals surface area contributed by atoms with E-state index in [1.807, 2.05) is 0 Å². The van der Waals surface area contributed by atoms with Gasteiger partial charge in [0.1, 0.15) is 0 Å². The number of nitrogens with zero attached hydrogens (tertiary/aromatic N) is 2. The van der Waals surface area contributed by atoms with Crippen molar-refractivity contribution in [2.24, 2.45) is 0 Å². The van der Waals surface area contributed by atoms with Crippen LogP contribution in [0.2, 0.25) is 0 Å². The van der Waals surface area contributed by atoms with Crippen molar-refractivity contribution < 1.29 is 9.13 Å². The molecule has 0 bridgehead atoms. The van der Waals surface area contributed by atoms with Gasteiger partial charge in [-0.25, -0.2) is 0 Å². The lowest BCUT2D eigenvalue weighted by Gasteiger charge is -2.09. The number of nitrogens with one attached hydrogen (secondary N) is 2. The number of anilines is 2. The molecule has 2 N–H and O–H groups in total. The van der Waals surface area contributed by atoms with Gasteiger partial charge in [-0.1, -0.05) is 90.9 Å². The third-order valence-corrected chi connectivity index (χ3v) is 9.57. The van der Waals surface area contributed by atoms with Gasteiger partial charge in [0, 0.05) is 61.6 Å². The molecule has 0 saturated carbocycles. The Balaban J connectivity index is 1.47. The van der Waals surface area contributed by atoms with Crippen molar-refractivity contribution in [2.75, 3.05) is 23.7 Å². The highest BCUT2D eigenvalue weighted by Gasteiger charge is 2.15. The average Bonchev–Trinajstić information content (AvgIpc) is 2.98. The normalized spacial score (nSPS) is 12.8. The average molecular weight is 683 g/mol. The fourth-order valence-electron chi connectivity index (χ4n) is 5.04. The van der Waals surface area contributed by atoms with E-state index in [1.165, 1.54) is 127 Å². The van der Waals surface area contributed by atoms with E-state index in [4.69, 9.17) is 0 Å². The van der Waals surface area contributed by atoms with Crippen LogP contribution in [0.15, 0.2) is 49.1 Å². The van der Waals surface area contributed by atoms with Crippen LogP contribution in [0.25, 0.3) is 0 Å². The van der Waals surface area contributed by atoms with Gasteiger partial charge >= 0.3 is 0 Å². The Morgan fingerprint density at radius 1 is 0.500 bits per heavy atom.